The number of carbonyl (C=O) groups excluding carboxylic acids is 1. The zero-order valence-corrected chi connectivity index (χ0v) is 16.6. The van der Waals surface area contributed by atoms with Gasteiger partial charge in [0.15, 0.2) is 5.82 Å². The molecule has 0 aliphatic rings. The molecule has 2 aromatic heterocycles. The number of alkyl halides is 3. The molecule has 162 valence electrons. The highest BCUT2D eigenvalue weighted by molar-refractivity contribution is 5.94. The predicted octanol–water partition coefficient (Wildman–Crippen LogP) is 3.52. The SMILES string of the molecule is Cc1ccc(-c2nc(C(=O)N[C@@H](C)CO)cc(-c3ccc(OC(F)(F)F)cc3)n2)cn1. The summed E-state index contributed by atoms with van der Waals surface area (Å²) in [6.45, 7) is 3.20. The van der Waals surface area contributed by atoms with Gasteiger partial charge in [0, 0.05) is 29.1 Å². The Labute approximate surface area is 176 Å². The fourth-order valence-electron chi connectivity index (χ4n) is 2.61. The van der Waals surface area contributed by atoms with Gasteiger partial charge in [-0.25, -0.2) is 9.97 Å². The summed E-state index contributed by atoms with van der Waals surface area (Å²) in [7, 11) is 0. The van der Waals surface area contributed by atoms with E-state index in [1.807, 2.05) is 6.92 Å². The first-order valence-corrected chi connectivity index (χ1v) is 9.24. The van der Waals surface area contributed by atoms with E-state index in [1.54, 1.807) is 25.3 Å². The molecule has 0 fully saturated rings. The summed E-state index contributed by atoms with van der Waals surface area (Å²) in [6.07, 6.45) is -3.23. The second kappa shape index (κ2) is 9.09. The van der Waals surface area contributed by atoms with Crippen LogP contribution in [-0.4, -0.2) is 45.0 Å². The highest BCUT2D eigenvalue weighted by Gasteiger charge is 2.31. The normalized spacial score (nSPS) is 12.3. The molecular formula is C21H19F3N4O3. The number of benzene rings is 1. The van der Waals surface area contributed by atoms with Crippen LogP contribution >= 0.6 is 0 Å². The number of aryl methyl sites for hydroxylation is 1. The maximum absolute atomic E-state index is 12.6. The van der Waals surface area contributed by atoms with Crippen molar-refractivity contribution >= 4 is 5.91 Å². The van der Waals surface area contributed by atoms with Crippen molar-refractivity contribution in [2.45, 2.75) is 26.3 Å². The molecule has 0 bridgehead atoms. The Morgan fingerprint density at radius 3 is 2.39 bits per heavy atom. The van der Waals surface area contributed by atoms with Gasteiger partial charge in [0.1, 0.15) is 11.4 Å². The Morgan fingerprint density at radius 1 is 1.13 bits per heavy atom. The van der Waals surface area contributed by atoms with Crippen LogP contribution in [0.5, 0.6) is 5.75 Å². The van der Waals surface area contributed by atoms with Crippen molar-refractivity contribution in [3.63, 3.8) is 0 Å². The van der Waals surface area contributed by atoms with E-state index < -0.39 is 18.3 Å². The van der Waals surface area contributed by atoms with E-state index in [0.29, 0.717) is 16.8 Å². The van der Waals surface area contributed by atoms with Crippen LogP contribution < -0.4 is 10.1 Å². The van der Waals surface area contributed by atoms with Crippen molar-refractivity contribution in [3.8, 4) is 28.4 Å². The van der Waals surface area contributed by atoms with Gasteiger partial charge in [0.25, 0.3) is 5.91 Å². The summed E-state index contributed by atoms with van der Waals surface area (Å²) in [5, 5.41) is 11.8. The van der Waals surface area contributed by atoms with E-state index in [2.05, 4.69) is 25.0 Å². The molecule has 2 N–H and O–H groups in total. The zero-order chi connectivity index (χ0) is 22.6. The highest BCUT2D eigenvalue weighted by atomic mass is 19.4. The standard InChI is InChI=1S/C21H19F3N4O3/c1-12-3-4-15(10-25-12)19-27-17(9-18(28-19)20(30)26-13(2)11-29)14-5-7-16(8-6-14)31-21(22,23)24/h3-10,13,29H,11H2,1-2H3,(H,26,30)/t13-/m0/s1. The first-order chi connectivity index (χ1) is 14.6. The summed E-state index contributed by atoms with van der Waals surface area (Å²) in [5.41, 5.74) is 2.17. The number of nitrogens with zero attached hydrogens (tertiary/aromatic N) is 3. The van der Waals surface area contributed by atoms with Gasteiger partial charge < -0.3 is 15.2 Å². The van der Waals surface area contributed by atoms with Gasteiger partial charge in [0.05, 0.1) is 12.3 Å². The van der Waals surface area contributed by atoms with Crippen LogP contribution in [0.4, 0.5) is 13.2 Å². The van der Waals surface area contributed by atoms with Gasteiger partial charge >= 0.3 is 6.36 Å². The van der Waals surface area contributed by atoms with Gasteiger partial charge in [-0.3, -0.25) is 9.78 Å². The fourth-order valence-corrected chi connectivity index (χ4v) is 2.61. The zero-order valence-electron chi connectivity index (χ0n) is 16.6. The van der Waals surface area contributed by atoms with Crippen molar-refractivity contribution < 1.29 is 27.8 Å². The lowest BCUT2D eigenvalue weighted by atomic mass is 10.1. The van der Waals surface area contributed by atoms with E-state index in [4.69, 9.17) is 0 Å². The summed E-state index contributed by atoms with van der Waals surface area (Å²) < 4.78 is 41.1. The second-order valence-corrected chi connectivity index (χ2v) is 6.78. The molecule has 7 nitrogen and oxygen atoms in total. The van der Waals surface area contributed by atoms with Crippen molar-refractivity contribution in [1.29, 1.82) is 0 Å². The quantitative estimate of drug-likeness (QED) is 0.619. The number of hydrogen-bond donors (Lipinski definition) is 2. The fraction of sp³-hybridized carbons (Fsp3) is 0.238. The summed E-state index contributed by atoms with van der Waals surface area (Å²) in [6, 6.07) is 9.56. The number of aromatic nitrogens is 3. The van der Waals surface area contributed by atoms with E-state index >= 15 is 0 Å². The molecule has 1 amide bonds. The van der Waals surface area contributed by atoms with Crippen LogP contribution in [0.2, 0.25) is 0 Å². The van der Waals surface area contributed by atoms with E-state index in [0.717, 1.165) is 17.8 Å². The molecule has 1 atom stereocenters. The Balaban J connectivity index is 2.02. The van der Waals surface area contributed by atoms with Gasteiger partial charge in [-0.15, -0.1) is 13.2 Å². The minimum Gasteiger partial charge on any atom is -0.406 e. The van der Waals surface area contributed by atoms with E-state index in [9.17, 15) is 23.1 Å². The second-order valence-electron chi connectivity index (χ2n) is 6.78. The summed E-state index contributed by atoms with van der Waals surface area (Å²) >= 11 is 0. The third-order valence-corrected chi connectivity index (χ3v) is 4.16. The molecular weight excluding hydrogens is 413 g/mol. The number of carbonyl (C=O) groups is 1. The molecule has 2 heterocycles. The predicted molar refractivity (Wildman–Crippen MR) is 106 cm³/mol. The molecule has 0 aliphatic carbocycles. The van der Waals surface area contributed by atoms with Crippen LogP contribution in [0.15, 0.2) is 48.7 Å². The number of aliphatic hydroxyl groups excluding tert-OH is 1. The molecule has 1 aromatic carbocycles. The average Bonchev–Trinajstić information content (AvgIpc) is 2.73. The number of rotatable bonds is 6. The van der Waals surface area contributed by atoms with Crippen LogP contribution in [-0.2, 0) is 0 Å². The largest absolute Gasteiger partial charge is 0.573 e. The maximum atomic E-state index is 12.6. The number of ether oxygens (including phenoxy) is 1. The molecule has 0 saturated heterocycles. The first kappa shape index (κ1) is 22.2. The lowest BCUT2D eigenvalue weighted by Crippen LogP contribution is -2.35. The molecule has 0 aliphatic heterocycles. The Kier molecular flexibility index (Phi) is 6.50. The average molecular weight is 432 g/mol. The van der Waals surface area contributed by atoms with Crippen LogP contribution in [0.25, 0.3) is 22.6 Å². The Morgan fingerprint density at radius 2 is 1.81 bits per heavy atom. The number of hydrogen-bond acceptors (Lipinski definition) is 6. The Bertz CT molecular complexity index is 1050. The highest BCUT2D eigenvalue weighted by Crippen LogP contribution is 2.27. The van der Waals surface area contributed by atoms with E-state index in [1.165, 1.54) is 18.2 Å². The molecule has 0 unspecified atom stereocenters. The summed E-state index contributed by atoms with van der Waals surface area (Å²) in [4.78, 5) is 25.5. The smallest absolute Gasteiger partial charge is 0.406 e. The lowest BCUT2D eigenvalue weighted by molar-refractivity contribution is -0.274. The monoisotopic (exact) mass is 432 g/mol. The molecule has 0 radical (unpaired) electrons. The molecule has 0 saturated carbocycles. The van der Waals surface area contributed by atoms with E-state index in [-0.39, 0.29) is 23.9 Å². The van der Waals surface area contributed by atoms with Gasteiger partial charge in [0.2, 0.25) is 0 Å². The Hall–Kier alpha value is -3.53. The number of halogens is 3. The third kappa shape index (κ3) is 5.98. The molecule has 31 heavy (non-hydrogen) atoms. The number of aliphatic hydroxyl groups is 1. The van der Waals surface area contributed by atoms with Crippen molar-refractivity contribution in [1.82, 2.24) is 20.3 Å². The van der Waals surface area contributed by atoms with Crippen LogP contribution in [0.3, 0.4) is 0 Å². The van der Waals surface area contributed by atoms with Crippen molar-refractivity contribution in [2.75, 3.05) is 6.61 Å². The molecule has 0 spiro atoms. The maximum Gasteiger partial charge on any atom is 0.573 e. The minimum absolute atomic E-state index is 0.0384. The van der Waals surface area contributed by atoms with Crippen molar-refractivity contribution in [3.05, 3.63) is 60.0 Å². The minimum atomic E-state index is -4.79. The van der Waals surface area contributed by atoms with Crippen LogP contribution in [0.1, 0.15) is 23.1 Å². The number of amides is 1. The van der Waals surface area contributed by atoms with Gasteiger partial charge in [-0.2, -0.15) is 0 Å². The number of nitrogens with one attached hydrogen (secondary N) is 1. The molecule has 3 aromatic rings. The first-order valence-electron chi connectivity index (χ1n) is 9.24. The number of pyridine rings is 1. The molecule has 10 heteroatoms. The lowest BCUT2D eigenvalue weighted by Gasteiger charge is -2.13. The topological polar surface area (TPSA) is 97.2 Å². The third-order valence-electron chi connectivity index (χ3n) is 4.16. The van der Waals surface area contributed by atoms with Crippen LogP contribution in [0, 0.1) is 6.92 Å². The van der Waals surface area contributed by atoms with Gasteiger partial charge in [-0.05, 0) is 56.3 Å². The molecule has 3 rings (SSSR count). The van der Waals surface area contributed by atoms with Crippen molar-refractivity contribution in [2.24, 2.45) is 0 Å². The summed E-state index contributed by atoms with van der Waals surface area (Å²) in [5.74, 6) is -0.672. The van der Waals surface area contributed by atoms with Gasteiger partial charge in [-0.1, -0.05) is 0 Å².